The van der Waals surface area contributed by atoms with E-state index in [4.69, 9.17) is 5.73 Å². The van der Waals surface area contributed by atoms with Crippen molar-refractivity contribution in [2.45, 2.75) is 91.0 Å². The molecule has 0 aliphatic heterocycles. The first kappa shape index (κ1) is 15.5. The molecule has 0 heterocycles. The third-order valence-corrected chi connectivity index (χ3v) is 9.40. The maximum atomic E-state index is 6.31. The number of hydrogen-bond donors (Lipinski definition) is 1. The molecule has 1 heteroatoms. The zero-order chi connectivity index (χ0) is 15.5. The molecule has 4 rings (SSSR count). The van der Waals surface area contributed by atoms with Crippen molar-refractivity contribution in [3.63, 3.8) is 0 Å². The van der Waals surface area contributed by atoms with E-state index < -0.39 is 0 Å². The van der Waals surface area contributed by atoms with Gasteiger partial charge in [-0.1, -0.05) is 27.2 Å². The molecule has 1 nitrogen and oxygen atoms in total. The van der Waals surface area contributed by atoms with Crippen LogP contribution in [-0.2, 0) is 0 Å². The van der Waals surface area contributed by atoms with Gasteiger partial charge >= 0.3 is 0 Å². The minimum atomic E-state index is 0.499. The van der Waals surface area contributed by atoms with Crippen LogP contribution in [0.2, 0.25) is 0 Å². The second-order valence-corrected chi connectivity index (χ2v) is 9.92. The van der Waals surface area contributed by atoms with Crippen molar-refractivity contribution < 1.29 is 0 Å². The van der Waals surface area contributed by atoms with Crippen LogP contribution >= 0.6 is 0 Å². The molecule has 0 amide bonds. The van der Waals surface area contributed by atoms with Gasteiger partial charge in [-0.15, -0.1) is 0 Å². The highest BCUT2D eigenvalue weighted by Crippen LogP contribution is 2.67. The predicted molar refractivity (Wildman–Crippen MR) is 93.5 cm³/mol. The molecule has 0 radical (unpaired) electrons. The summed E-state index contributed by atoms with van der Waals surface area (Å²) in [5.74, 6) is 5.07. The van der Waals surface area contributed by atoms with Crippen LogP contribution in [0.3, 0.4) is 0 Å². The molecule has 4 unspecified atom stereocenters. The average molecular weight is 304 g/mol. The Morgan fingerprint density at radius 2 is 1.59 bits per heavy atom. The lowest BCUT2D eigenvalue weighted by atomic mass is 9.44. The molecule has 8 atom stereocenters. The summed E-state index contributed by atoms with van der Waals surface area (Å²) in [4.78, 5) is 0. The molecular weight excluding hydrogens is 266 g/mol. The van der Waals surface area contributed by atoms with Crippen molar-refractivity contribution in [1.82, 2.24) is 0 Å². The Morgan fingerprint density at radius 1 is 0.864 bits per heavy atom. The van der Waals surface area contributed by atoms with Gasteiger partial charge in [0.2, 0.25) is 0 Å². The lowest BCUT2D eigenvalue weighted by Crippen LogP contribution is -2.54. The van der Waals surface area contributed by atoms with Crippen LogP contribution in [0.4, 0.5) is 0 Å². The first-order chi connectivity index (χ1) is 10.5. The molecule has 4 aliphatic carbocycles. The van der Waals surface area contributed by atoms with Crippen molar-refractivity contribution in [3.05, 3.63) is 0 Å². The fourth-order valence-electron chi connectivity index (χ4n) is 8.07. The summed E-state index contributed by atoms with van der Waals surface area (Å²) < 4.78 is 0. The molecule has 0 aromatic carbocycles. The van der Waals surface area contributed by atoms with Gasteiger partial charge in [-0.2, -0.15) is 0 Å². The van der Waals surface area contributed by atoms with E-state index in [0.29, 0.717) is 16.9 Å². The van der Waals surface area contributed by atoms with E-state index >= 15 is 0 Å². The first-order valence-corrected chi connectivity index (χ1v) is 10.2. The minimum Gasteiger partial charge on any atom is -0.328 e. The summed E-state index contributed by atoms with van der Waals surface area (Å²) in [5.41, 5.74) is 7.63. The highest BCUT2D eigenvalue weighted by molar-refractivity contribution is 5.09. The van der Waals surface area contributed by atoms with Crippen LogP contribution in [0.5, 0.6) is 0 Å². The highest BCUT2D eigenvalue weighted by atomic mass is 14.7. The maximum absolute atomic E-state index is 6.31. The van der Waals surface area contributed by atoms with Crippen LogP contribution < -0.4 is 5.73 Å². The summed E-state index contributed by atoms with van der Waals surface area (Å²) >= 11 is 0. The zero-order valence-corrected chi connectivity index (χ0v) is 15.1. The van der Waals surface area contributed by atoms with Gasteiger partial charge in [0, 0.05) is 6.04 Å². The third-order valence-electron chi connectivity index (χ3n) is 9.40. The predicted octanol–water partition coefficient (Wildman–Crippen LogP) is 5.38. The Morgan fingerprint density at radius 3 is 2.36 bits per heavy atom. The van der Waals surface area contributed by atoms with Crippen LogP contribution in [0.15, 0.2) is 0 Å². The molecule has 0 aromatic heterocycles. The summed E-state index contributed by atoms with van der Waals surface area (Å²) in [6.07, 6.45) is 14.5. The normalized spacial score (nSPS) is 57.8. The zero-order valence-electron chi connectivity index (χ0n) is 15.1. The monoisotopic (exact) mass is 303 g/mol. The van der Waals surface area contributed by atoms with Crippen LogP contribution in [0.25, 0.3) is 0 Å². The van der Waals surface area contributed by atoms with Gasteiger partial charge in [0.05, 0.1) is 0 Å². The Hall–Kier alpha value is -0.0400. The van der Waals surface area contributed by atoms with Crippen molar-refractivity contribution >= 4 is 0 Å². The average Bonchev–Trinajstić information content (AvgIpc) is 2.84. The van der Waals surface area contributed by atoms with Crippen LogP contribution in [0.1, 0.15) is 85.0 Å². The lowest BCUT2D eigenvalue weighted by Gasteiger charge is -2.61. The largest absolute Gasteiger partial charge is 0.328 e. The van der Waals surface area contributed by atoms with E-state index in [1.165, 1.54) is 64.2 Å². The van der Waals surface area contributed by atoms with E-state index in [0.717, 1.165) is 29.6 Å². The van der Waals surface area contributed by atoms with E-state index in [2.05, 4.69) is 20.8 Å². The molecule has 0 aromatic rings. The number of nitrogens with two attached hydrogens (primary N) is 1. The Balaban J connectivity index is 1.61. The molecule has 4 aliphatic rings. The van der Waals surface area contributed by atoms with Crippen molar-refractivity contribution in [2.24, 2.45) is 46.2 Å². The van der Waals surface area contributed by atoms with Gasteiger partial charge in [0.25, 0.3) is 0 Å². The van der Waals surface area contributed by atoms with Crippen LogP contribution in [0, 0.1) is 40.4 Å². The second kappa shape index (κ2) is 5.23. The van der Waals surface area contributed by atoms with E-state index in [1.807, 2.05) is 0 Å². The second-order valence-electron chi connectivity index (χ2n) is 9.92. The molecule has 126 valence electrons. The van der Waals surface area contributed by atoms with Crippen molar-refractivity contribution in [3.8, 4) is 0 Å². The molecule has 4 saturated carbocycles. The van der Waals surface area contributed by atoms with Crippen molar-refractivity contribution in [1.29, 1.82) is 0 Å². The summed E-state index contributed by atoms with van der Waals surface area (Å²) in [6.45, 7) is 7.76. The molecular formula is C21H37N. The van der Waals surface area contributed by atoms with E-state index in [1.54, 1.807) is 0 Å². The third kappa shape index (κ3) is 2.00. The first-order valence-electron chi connectivity index (χ1n) is 10.2. The van der Waals surface area contributed by atoms with E-state index in [9.17, 15) is 0 Å². The molecule has 0 bridgehead atoms. The highest BCUT2D eigenvalue weighted by Gasteiger charge is 2.59. The quantitative estimate of drug-likeness (QED) is 0.691. The maximum Gasteiger partial charge on any atom is 0.00418 e. The number of rotatable bonds is 1. The van der Waals surface area contributed by atoms with Gasteiger partial charge in [-0.25, -0.2) is 0 Å². The molecule has 2 N–H and O–H groups in total. The van der Waals surface area contributed by atoms with Gasteiger partial charge < -0.3 is 5.73 Å². The molecule has 0 spiro atoms. The smallest absolute Gasteiger partial charge is 0.00418 e. The number of hydrogen-bond acceptors (Lipinski definition) is 1. The molecule has 22 heavy (non-hydrogen) atoms. The van der Waals surface area contributed by atoms with E-state index in [-0.39, 0.29) is 0 Å². The lowest BCUT2D eigenvalue weighted by molar-refractivity contribution is -0.113. The van der Waals surface area contributed by atoms with Crippen LogP contribution in [-0.4, -0.2) is 6.04 Å². The Kier molecular flexibility index (Phi) is 3.68. The van der Waals surface area contributed by atoms with Gasteiger partial charge in [0.15, 0.2) is 0 Å². The van der Waals surface area contributed by atoms with Gasteiger partial charge in [-0.05, 0) is 98.2 Å². The van der Waals surface area contributed by atoms with Gasteiger partial charge in [0.1, 0.15) is 0 Å². The molecule has 0 saturated heterocycles. The fraction of sp³-hybridized carbons (Fsp3) is 1.00. The standard InChI is InChI=1S/C21H37N/c1-4-14-6-8-18-17-7-5-15-13-16(22)9-11-21(15,3)19(17)10-12-20(14,18)2/h14-19H,4-13,22H2,1-3H3/t14-,15?,16+,17?,18?,19?,20+,21-/m0/s1. The Labute approximate surface area is 137 Å². The Bertz CT molecular complexity index is 432. The molecule has 4 fully saturated rings. The van der Waals surface area contributed by atoms with Gasteiger partial charge in [-0.3, -0.25) is 0 Å². The summed E-state index contributed by atoms with van der Waals surface area (Å²) in [7, 11) is 0. The summed E-state index contributed by atoms with van der Waals surface area (Å²) in [6, 6.07) is 0.499. The fourth-order valence-corrected chi connectivity index (χ4v) is 8.07. The minimum absolute atomic E-state index is 0.499. The number of fused-ring (bicyclic) bond motifs is 5. The topological polar surface area (TPSA) is 26.0 Å². The summed E-state index contributed by atoms with van der Waals surface area (Å²) in [5, 5.41) is 0. The van der Waals surface area contributed by atoms with Crippen molar-refractivity contribution in [2.75, 3.05) is 0 Å². The SMILES string of the molecule is CC[C@H]1CCC2C3CCC4C[C@H](N)CC[C@]4(C)C3CC[C@@]21C.